The third kappa shape index (κ3) is 5.32. The number of β-lactam (4-membered cyclic amide) rings is 1. The Morgan fingerprint density at radius 3 is 2.49 bits per heavy atom. The molecule has 1 fully saturated rings. The van der Waals surface area contributed by atoms with E-state index in [1.54, 1.807) is 37.4 Å². The summed E-state index contributed by atoms with van der Waals surface area (Å²) in [6, 6.07) is 11.5. The number of imide groups is 1. The number of nitrogens with zero attached hydrogens (tertiary/aromatic N) is 6. The SMILES string of the molecule is CC[C@@H](NC(=O)N1C(=O)[C@H](Cc2ccnc(N(C)C)c2)[C@H]1C(=O)N(C)c1cnn(C)c1)c1ccccc1. The van der Waals surface area contributed by atoms with Crippen molar-refractivity contribution in [3.8, 4) is 0 Å². The molecule has 0 spiro atoms. The number of likely N-dealkylation sites (N-methyl/N-ethyl adjacent to an activating group) is 1. The number of aromatic nitrogens is 3. The zero-order valence-corrected chi connectivity index (χ0v) is 21.8. The maximum absolute atomic E-state index is 13.7. The van der Waals surface area contributed by atoms with Crippen LogP contribution in [-0.2, 0) is 23.1 Å². The molecule has 0 unspecified atom stereocenters. The summed E-state index contributed by atoms with van der Waals surface area (Å²) in [5.41, 5.74) is 2.39. The van der Waals surface area contributed by atoms with Crippen LogP contribution in [0, 0.1) is 5.92 Å². The van der Waals surface area contributed by atoms with Crippen molar-refractivity contribution in [3.63, 3.8) is 0 Å². The van der Waals surface area contributed by atoms with E-state index in [0.29, 0.717) is 18.5 Å². The number of anilines is 2. The molecule has 2 aromatic heterocycles. The zero-order valence-electron chi connectivity index (χ0n) is 21.8. The number of hydrogen-bond acceptors (Lipinski definition) is 6. The molecule has 0 bridgehead atoms. The highest BCUT2D eigenvalue weighted by Crippen LogP contribution is 2.33. The first kappa shape index (κ1) is 25.9. The van der Waals surface area contributed by atoms with Gasteiger partial charge in [0.05, 0.1) is 23.8 Å². The van der Waals surface area contributed by atoms with E-state index in [2.05, 4.69) is 15.4 Å². The fourth-order valence-electron chi connectivity index (χ4n) is 4.57. The van der Waals surface area contributed by atoms with Crippen molar-refractivity contribution in [2.24, 2.45) is 13.0 Å². The van der Waals surface area contributed by atoms with Crippen LogP contribution in [0.2, 0.25) is 0 Å². The fraction of sp³-hybridized carbons (Fsp3) is 0.370. The second-order valence-electron chi connectivity index (χ2n) is 9.47. The molecule has 10 nitrogen and oxygen atoms in total. The molecule has 1 aromatic carbocycles. The molecule has 1 aliphatic heterocycles. The molecule has 0 aliphatic carbocycles. The summed E-state index contributed by atoms with van der Waals surface area (Å²) in [6.07, 6.45) is 5.93. The maximum atomic E-state index is 13.7. The summed E-state index contributed by atoms with van der Waals surface area (Å²) in [4.78, 5) is 49.2. The predicted octanol–water partition coefficient (Wildman–Crippen LogP) is 2.77. The van der Waals surface area contributed by atoms with Gasteiger partial charge in [-0.2, -0.15) is 5.10 Å². The van der Waals surface area contributed by atoms with Gasteiger partial charge in [0.2, 0.25) is 5.91 Å². The summed E-state index contributed by atoms with van der Waals surface area (Å²) in [5.74, 6) is -0.640. The van der Waals surface area contributed by atoms with Crippen LogP contribution < -0.4 is 15.1 Å². The average molecular weight is 504 g/mol. The molecule has 3 aromatic rings. The Bertz CT molecular complexity index is 1270. The average Bonchev–Trinajstić information content (AvgIpc) is 3.34. The monoisotopic (exact) mass is 503 g/mol. The lowest BCUT2D eigenvalue weighted by atomic mass is 9.81. The van der Waals surface area contributed by atoms with Gasteiger partial charge in [0, 0.05) is 40.6 Å². The van der Waals surface area contributed by atoms with E-state index in [0.717, 1.165) is 21.8 Å². The van der Waals surface area contributed by atoms with Crippen molar-refractivity contribution >= 4 is 29.4 Å². The highest BCUT2D eigenvalue weighted by atomic mass is 16.2. The van der Waals surface area contributed by atoms with Crippen LogP contribution in [0.4, 0.5) is 16.3 Å². The van der Waals surface area contributed by atoms with Gasteiger partial charge in [-0.15, -0.1) is 0 Å². The van der Waals surface area contributed by atoms with Gasteiger partial charge in [0.15, 0.2) is 0 Å². The number of urea groups is 1. The molecule has 4 rings (SSSR count). The Hall–Kier alpha value is -4.21. The lowest BCUT2D eigenvalue weighted by Crippen LogP contribution is -2.70. The highest BCUT2D eigenvalue weighted by Gasteiger charge is 2.55. The molecule has 3 heterocycles. The molecular formula is C27H33N7O3. The fourth-order valence-corrected chi connectivity index (χ4v) is 4.57. The Morgan fingerprint density at radius 1 is 1.14 bits per heavy atom. The molecule has 194 valence electrons. The highest BCUT2D eigenvalue weighted by molar-refractivity contribution is 6.12. The van der Waals surface area contributed by atoms with E-state index in [1.807, 2.05) is 68.4 Å². The van der Waals surface area contributed by atoms with Crippen molar-refractivity contribution < 1.29 is 14.4 Å². The quantitative estimate of drug-likeness (QED) is 0.474. The largest absolute Gasteiger partial charge is 0.363 e. The van der Waals surface area contributed by atoms with Crippen LogP contribution >= 0.6 is 0 Å². The maximum Gasteiger partial charge on any atom is 0.325 e. The Labute approximate surface area is 216 Å². The number of pyridine rings is 1. The number of amides is 4. The van der Waals surface area contributed by atoms with Gasteiger partial charge in [-0.25, -0.2) is 9.78 Å². The van der Waals surface area contributed by atoms with Crippen LogP contribution in [0.1, 0.15) is 30.5 Å². The molecule has 3 atom stereocenters. The van der Waals surface area contributed by atoms with E-state index >= 15 is 0 Å². The molecule has 37 heavy (non-hydrogen) atoms. The summed E-state index contributed by atoms with van der Waals surface area (Å²) < 4.78 is 1.60. The summed E-state index contributed by atoms with van der Waals surface area (Å²) in [5, 5.41) is 7.09. The van der Waals surface area contributed by atoms with Crippen LogP contribution in [0.15, 0.2) is 61.1 Å². The smallest absolute Gasteiger partial charge is 0.325 e. The van der Waals surface area contributed by atoms with Gasteiger partial charge in [-0.3, -0.25) is 19.2 Å². The predicted molar refractivity (Wildman–Crippen MR) is 141 cm³/mol. The molecule has 10 heteroatoms. The third-order valence-corrected chi connectivity index (χ3v) is 6.73. The molecule has 0 radical (unpaired) electrons. The van der Waals surface area contributed by atoms with Crippen molar-refractivity contribution in [3.05, 3.63) is 72.2 Å². The van der Waals surface area contributed by atoms with Crippen LogP contribution in [0.3, 0.4) is 0 Å². The minimum atomic E-state index is -0.943. The third-order valence-electron chi connectivity index (χ3n) is 6.73. The first-order valence-corrected chi connectivity index (χ1v) is 12.3. The molecule has 1 saturated heterocycles. The van der Waals surface area contributed by atoms with E-state index < -0.39 is 18.0 Å². The summed E-state index contributed by atoms with van der Waals surface area (Å²) in [7, 11) is 7.17. The van der Waals surface area contributed by atoms with E-state index in [9.17, 15) is 14.4 Å². The Balaban J connectivity index is 1.60. The van der Waals surface area contributed by atoms with Crippen molar-refractivity contribution in [1.29, 1.82) is 0 Å². The molecular weight excluding hydrogens is 470 g/mol. The standard InChI is InChI=1S/C27H33N7O3/c1-6-22(19-10-8-7-9-11-19)30-27(37)34-24(26(36)33(5)20-16-29-32(4)17-20)21(25(34)35)14-18-12-13-28-23(15-18)31(2)3/h7-13,15-17,21-22,24H,6,14H2,1-5H3,(H,30,37)/t21-,22-,24+/m1/s1. The number of nitrogens with one attached hydrogen (secondary N) is 1. The number of aryl methyl sites for hydroxylation is 1. The van der Waals surface area contributed by atoms with Gasteiger partial charge >= 0.3 is 6.03 Å². The minimum Gasteiger partial charge on any atom is -0.363 e. The van der Waals surface area contributed by atoms with Crippen molar-refractivity contribution in [2.45, 2.75) is 31.8 Å². The topological polar surface area (TPSA) is 104 Å². The molecule has 1 N–H and O–H groups in total. The molecule has 4 amide bonds. The number of carbonyl (C=O) groups is 3. The van der Waals surface area contributed by atoms with Gasteiger partial charge in [-0.1, -0.05) is 37.3 Å². The second kappa shape index (κ2) is 10.8. The zero-order chi connectivity index (χ0) is 26.7. The molecule has 0 saturated carbocycles. The van der Waals surface area contributed by atoms with Crippen molar-refractivity contribution in [1.82, 2.24) is 25.0 Å². The van der Waals surface area contributed by atoms with Crippen LogP contribution in [0.25, 0.3) is 0 Å². The Kier molecular flexibility index (Phi) is 7.56. The van der Waals surface area contributed by atoms with Crippen LogP contribution in [0.5, 0.6) is 0 Å². The first-order chi connectivity index (χ1) is 17.7. The van der Waals surface area contributed by atoms with Crippen molar-refractivity contribution in [2.75, 3.05) is 30.9 Å². The lowest BCUT2D eigenvalue weighted by molar-refractivity contribution is -0.156. The van der Waals surface area contributed by atoms with Gasteiger partial charge < -0.3 is 15.1 Å². The van der Waals surface area contributed by atoms with Gasteiger partial charge in [0.25, 0.3) is 5.91 Å². The van der Waals surface area contributed by atoms with E-state index in [-0.39, 0.29) is 17.9 Å². The number of carbonyl (C=O) groups excluding carboxylic acids is 3. The van der Waals surface area contributed by atoms with Crippen LogP contribution in [-0.4, -0.2) is 64.7 Å². The Morgan fingerprint density at radius 2 is 1.86 bits per heavy atom. The lowest BCUT2D eigenvalue weighted by Gasteiger charge is -2.46. The van der Waals surface area contributed by atoms with E-state index in [1.165, 1.54) is 4.90 Å². The van der Waals surface area contributed by atoms with Gasteiger partial charge in [0.1, 0.15) is 11.9 Å². The summed E-state index contributed by atoms with van der Waals surface area (Å²) >= 11 is 0. The molecule has 1 aliphatic rings. The van der Waals surface area contributed by atoms with Gasteiger partial charge in [-0.05, 0) is 36.1 Å². The van der Waals surface area contributed by atoms with E-state index in [4.69, 9.17) is 0 Å². The normalized spacial score (nSPS) is 17.6. The number of rotatable bonds is 8. The number of hydrogen-bond donors (Lipinski definition) is 1. The number of benzene rings is 1. The first-order valence-electron chi connectivity index (χ1n) is 12.3. The number of likely N-dealkylation sites (tertiary alicyclic amines) is 1. The second-order valence-corrected chi connectivity index (χ2v) is 9.47. The minimum absolute atomic E-state index is 0.282. The summed E-state index contributed by atoms with van der Waals surface area (Å²) in [6.45, 7) is 1.96.